The highest BCUT2D eigenvalue weighted by Gasteiger charge is 2.47. The van der Waals surface area contributed by atoms with Crippen LogP contribution in [0.4, 0.5) is 26.3 Å². The van der Waals surface area contributed by atoms with Crippen LogP contribution in [0.1, 0.15) is 11.6 Å². The van der Waals surface area contributed by atoms with Crippen LogP contribution in [-0.2, 0) is 0 Å². The average molecular weight is 444 g/mol. The number of nitrogens with one attached hydrogen (secondary N) is 1. The number of hydrogen-bond acceptors (Lipinski definition) is 3. The van der Waals surface area contributed by atoms with Crippen LogP contribution in [-0.4, -0.2) is 43.6 Å². The molecule has 0 aliphatic carbocycles. The summed E-state index contributed by atoms with van der Waals surface area (Å²) in [5, 5.41) is 2.91. The average Bonchev–Trinajstić information content (AvgIpc) is 2.40. The lowest BCUT2D eigenvalue weighted by Gasteiger charge is -2.36. The minimum Gasteiger partial charge on any atom is -0.405 e. The smallest absolute Gasteiger partial charge is 0.405 e. The molecule has 0 saturated carbocycles. The highest BCUT2D eigenvalue weighted by atomic mass is 79.9. The Bertz CT molecular complexity index is 548. The third kappa shape index (κ3) is 5.68. The predicted molar refractivity (Wildman–Crippen MR) is 81.3 cm³/mol. The standard InChI is InChI=1S/C13H13BrF6N2O.ClH/c14-8-1-2-10(23-13(18,19)20)9(7-8)11(12(15,16)17)22-5-3-21-4-6-22;/h1-2,7,11,21H,3-6H2;1H/t11-;/m1./s1. The van der Waals surface area contributed by atoms with Gasteiger partial charge in [-0.05, 0) is 18.2 Å². The number of rotatable bonds is 3. The van der Waals surface area contributed by atoms with E-state index in [9.17, 15) is 26.3 Å². The molecule has 1 aromatic rings. The highest BCUT2D eigenvalue weighted by Crippen LogP contribution is 2.43. The van der Waals surface area contributed by atoms with E-state index in [0.717, 1.165) is 17.0 Å². The predicted octanol–water partition coefficient (Wildman–Crippen LogP) is 4.28. The summed E-state index contributed by atoms with van der Waals surface area (Å²) in [6.45, 7) is 0.802. The Hall–Kier alpha value is -0.710. The Kier molecular flexibility index (Phi) is 7.21. The lowest BCUT2D eigenvalue weighted by Crippen LogP contribution is -2.49. The van der Waals surface area contributed by atoms with Gasteiger partial charge in [-0.2, -0.15) is 13.2 Å². The van der Waals surface area contributed by atoms with Crippen LogP contribution < -0.4 is 10.1 Å². The van der Waals surface area contributed by atoms with Crippen molar-refractivity contribution in [1.82, 2.24) is 10.2 Å². The van der Waals surface area contributed by atoms with Crippen LogP contribution in [0, 0.1) is 0 Å². The molecule has 0 radical (unpaired) electrons. The third-order valence-electron chi connectivity index (χ3n) is 3.32. The summed E-state index contributed by atoms with van der Waals surface area (Å²) in [5.41, 5.74) is -0.564. The molecule has 1 atom stereocenters. The summed E-state index contributed by atoms with van der Waals surface area (Å²) in [7, 11) is 0. The van der Waals surface area contributed by atoms with Gasteiger partial charge in [0.1, 0.15) is 11.8 Å². The zero-order valence-electron chi connectivity index (χ0n) is 12.0. The quantitative estimate of drug-likeness (QED) is 0.706. The number of hydrogen-bond donors (Lipinski definition) is 1. The summed E-state index contributed by atoms with van der Waals surface area (Å²) >= 11 is 3.00. The van der Waals surface area contributed by atoms with E-state index in [0.29, 0.717) is 13.1 Å². The summed E-state index contributed by atoms with van der Waals surface area (Å²) in [6, 6.07) is 0.935. The van der Waals surface area contributed by atoms with Gasteiger partial charge in [0.05, 0.1) is 0 Å². The monoisotopic (exact) mass is 442 g/mol. The van der Waals surface area contributed by atoms with Crippen molar-refractivity contribution in [2.75, 3.05) is 26.2 Å². The Labute approximate surface area is 148 Å². The van der Waals surface area contributed by atoms with Gasteiger partial charge in [0.25, 0.3) is 0 Å². The fourth-order valence-corrected chi connectivity index (χ4v) is 2.85. The number of alkyl halides is 6. The van der Waals surface area contributed by atoms with Gasteiger partial charge in [-0.3, -0.25) is 4.90 Å². The molecule has 0 spiro atoms. The van der Waals surface area contributed by atoms with E-state index in [4.69, 9.17) is 0 Å². The summed E-state index contributed by atoms with van der Waals surface area (Å²) in [4.78, 5) is 1.10. The molecule has 0 unspecified atom stereocenters. The molecule has 11 heteroatoms. The van der Waals surface area contributed by atoms with E-state index in [2.05, 4.69) is 26.0 Å². The zero-order valence-corrected chi connectivity index (χ0v) is 14.4. The van der Waals surface area contributed by atoms with Crippen LogP contribution in [0.25, 0.3) is 0 Å². The van der Waals surface area contributed by atoms with Gasteiger partial charge in [-0.15, -0.1) is 25.6 Å². The van der Waals surface area contributed by atoms with Gasteiger partial charge in [0.15, 0.2) is 0 Å². The zero-order chi connectivity index (χ0) is 17.3. The number of nitrogens with zero attached hydrogens (tertiary/aromatic N) is 1. The first-order chi connectivity index (χ1) is 10.6. The van der Waals surface area contributed by atoms with Crippen LogP contribution in [0.3, 0.4) is 0 Å². The van der Waals surface area contributed by atoms with Gasteiger partial charge in [-0.1, -0.05) is 15.9 Å². The second kappa shape index (κ2) is 8.11. The van der Waals surface area contributed by atoms with Gasteiger partial charge < -0.3 is 10.1 Å². The van der Waals surface area contributed by atoms with Crippen molar-refractivity contribution >= 4 is 28.3 Å². The minimum absolute atomic E-state index is 0. The lowest BCUT2D eigenvalue weighted by molar-refractivity contribution is -0.275. The summed E-state index contributed by atoms with van der Waals surface area (Å²) < 4.78 is 82.1. The van der Waals surface area contributed by atoms with E-state index in [1.165, 1.54) is 6.07 Å². The van der Waals surface area contributed by atoms with Crippen LogP contribution in [0.2, 0.25) is 0 Å². The number of ether oxygens (including phenoxy) is 1. The van der Waals surface area contributed by atoms with Gasteiger partial charge in [0, 0.05) is 36.2 Å². The van der Waals surface area contributed by atoms with Crippen molar-refractivity contribution < 1.29 is 31.1 Å². The maximum atomic E-state index is 13.5. The van der Waals surface area contributed by atoms with E-state index in [-0.39, 0.29) is 30.0 Å². The fourth-order valence-electron chi connectivity index (χ4n) is 2.47. The van der Waals surface area contributed by atoms with Crippen molar-refractivity contribution in [3.63, 3.8) is 0 Å². The molecule has 138 valence electrons. The van der Waals surface area contributed by atoms with Crippen molar-refractivity contribution in [1.29, 1.82) is 0 Å². The van der Waals surface area contributed by atoms with E-state index in [1.54, 1.807) is 0 Å². The van der Waals surface area contributed by atoms with Crippen molar-refractivity contribution in [2.45, 2.75) is 18.6 Å². The Morgan fingerprint density at radius 2 is 1.67 bits per heavy atom. The Morgan fingerprint density at radius 1 is 1.08 bits per heavy atom. The summed E-state index contributed by atoms with van der Waals surface area (Å²) in [5.74, 6) is -0.846. The van der Waals surface area contributed by atoms with Crippen molar-refractivity contribution in [3.05, 3.63) is 28.2 Å². The largest absolute Gasteiger partial charge is 0.573 e. The number of benzene rings is 1. The van der Waals surface area contributed by atoms with E-state index in [1.807, 2.05) is 0 Å². The minimum atomic E-state index is -5.07. The molecule has 1 aliphatic rings. The Balaban J connectivity index is 0.00000288. The molecule has 1 aliphatic heterocycles. The molecule has 2 rings (SSSR count). The van der Waals surface area contributed by atoms with Crippen LogP contribution >= 0.6 is 28.3 Å². The maximum Gasteiger partial charge on any atom is 0.573 e. The molecule has 0 amide bonds. The first-order valence-corrected chi connectivity index (χ1v) is 7.44. The van der Waals surface area contributed by atoms with Crippen molar-refractivity contribution in [2.24, 2.45) is 0 Å². The SMILES string of the molecule is Cl.FC(F)(F)Oc1ccc(Br)cc1[C@@H](N1CCNCC1)C(F)(F)F. The molecule has 0 bridgehead atoms. The molecular formula is C13H14BrClF6N2O. The second-order valence-electron chi connectivity index (χ2n) is 4.96. The second-order valence-corrected chi connectivity index (χ2v) is 5.88. The van der Waals surface area contributed by atoms with Gasteiger partial charge >= 0.3 is 12.5 Å². The molecule has 1 heterocycles. The molecular weight excluding hydrogens is 430 g/mol. The molecule has 1 fully saturated rings. The first-order valence-electron chi connectivity index (χ1n) is 6.64. The normalized spacial score (nSPS) is 18.0. The first kappa shape index (κ1) is 21.3. The number of piperazine rings is 1. The molecule has 24 heavy (non-hydrogen) atoms. The maximum absolute atomic E-state index is 13.5. The molecule has 3 nitrogen and oxygen atoms in total. The highest BCUT2D eigenvalue weighted by molar-refractivity contribution is 9.10. The van der Waals surface area contributed by atoms with Gasteiger partial charge in [-0.25, -0.2) is 0 Å². The molecule has 1 saturated heterocycles. The molecule has 1 aromatic carbocycles. The van der Waals surface area contributed by atoms with Gasteiger partial charge in [0.2, 0.25) is 0 Å². The fraction of sp³-hybridized carbons (Fsp3) is 0.538. The number of halogens is 8. The van der Waals surface area contributed by atoms with Crippen molar-refractivity contribution in [3.8, 4) is 5.75 Å². The third-order valence-corrected chi connectivity index (χ3v) is 3.81. The Morgan fingerprint density at radius 3 is 2.17 bits per heavy atom. The van der Waals surface area contributed by atoms with Crippen LogP contribution in [0.15, 0.2) is 22.7 Å². The summed E-state index contributed by atoms with van der Waals surface area (Å²) in [6.07, 6.45) is -9.80. The van der Waals surface area contributed by atoms with E-state index < -0.39 is 29.9 Å². The molecule has 0 aromatic heterocycles. The molecule has 1 N–H and O–H groups in total. The van der Waals surface area contributed by atoms with E-state index >= 15 is 0 Å². The lowest BCUT2D eigenvalue weighted by atomic mass is 10.0. The topological polar surface area (TPSA) is 24.5 Å². The van der Waals surface area contributed by atoms with Crippen LogP contribution in [0.5, 0.6) is 5.75 Å².